The Morgan fingerprint density at radius 3 is 2.72 bits per heavy atom. The minimum Gasteiger partial charge on any atom is -0.493 e. The molecule has 2 rings (SSSR count). The highest BCUT2D eigenvalue weighted by Gasteiger charge is 2.16. The summed E-state index contributed by atoms with van der Waals surface area (Å²) in [5.41, 5.74) is 1.45. The van der Waals surface area contributed by atoms with Crippen LogP contribution in [0.3, 0.4) is 0 Å². The lowest BCUT2D eigenvalue weighted by Crippen LogP contribution is -2.38. The molecule has 6 heteroatoms. The summed E-state index contributed by atoms with van der Waals surface area (Å²) in [4.78, 5) is 14.8. The Morgan fingerprint density at radius 1 is 1.32 bits per heavy atom. The lowest BCUT2D eigenvalue weighted by atomic mass is 10.0. The lowest BCUT2D eigenvalue weighted by Gasteiger charge is -2.26. The predicted molar refractivity (Wildman–Crippen MR) is 97.7 cm³/mol. The Labute approximate surface area is 149 Å². The van der Waals surface area contributed by atoms with Gasteiger partial charge in [0.25, 0.3) is 5.91 Å². The first-order valence-corrected chi connectivity index (χ1v) is 8.63. The number of carbonyl (C=O) groups excluding carboxylic acids is 1. The van der Waals surface area contributed by atoms with Crippen LogP contribution >= 0.6 is 0 Å². The van der Waals surface area contributed by atoms with Gasteiger partial charge in [-0.05, 0) is 31.5 Å². The second-order valence-electron chi connectivity index (χ2n) is 5.93. The normalized spacial score (nSPS) is 14.8. The van der Waals surface area contributed by atoms with Crippen molar-refractivity contribution in [3.05, 3.63) is 35.9 Å². The minimum atomic E-state index is -0.103. The highest BCUT2D eigenvalue weighted by atomic mass is 16.5. The number of amides is 1. The zero-order valence-electron chi connectivity index (χ0n) is 15.2. The number of hydrogen-bond acceptors (Lipinski definition) is 5. The van der Waals surface area contributed by atoms with Crippen LogP contribution in [0, 0.1) is 0 Å². The fraction of sp³-hybridized carbons (Fsp3) is 0.526. The molecular formula is C19H28N2O4. The van der Waals surface area contributed by atoms with E-state index >= 15 is 0 Å². The Kier molecular flexibility index (Phi) is 7.76. The Balaban J connectivity index is 1.93. The third-order valence-electron chi connectivity index (χ3n) is 4.22. The molecule has 0 saturated carbocycles. The largest absolute Gasteiger partial charge is 0.493 e. The molecule has 1 saturated heterocycles. The van der Waals surface area contributed by atoms with Crippen LogP contribution in [-0.2, 0) is 11.2 Å². The molecule has 0 unspecified atom stereocenters. The van der Waals surface area contributed by atoms with Gasteiger partial charge in [-0.25, -0.2) is 0 Å². The molecule has 0 spiro atoms. The van der Waals surface area contributed by atoms with E-state index in [4.69, 9.17) is 14.2 Å². The van der Waals surface area contributed by atoms with Crippen molar-refractivity contribution in [2.45, 2.75) is 12.8 Å². The van der Waals surface area contributed by atoms with E-state index in [-0.39, 0.29) is 5.91 Å². The number of rotatable bonds is 9. The van der Waals surface area contributed by atoms with E-state index < -0.39 is 0 Å². The van der Waals surface area contributed by atoms with Crippen molar-refractivity contribution in [3.63, 3.8) is 0 Å². The number of allylic oxidation sites excluding steroid dienone is 1. The number of nitrogens with zero attached hydrogens (tertiary/aromatic N) is 1. The van der Waals surface area contributed by atoms with Crippen molar-refractivity contribution >= 4 is 5.91 Å². The summed E-state index contributed by atoms with van der Waals surface area (Å²) in [6, 6.07) is 3.54. The van der Waals surface area contributed by atoms with Crippen molar-refractivity contribution in [3.8, 4) is 11.5 Å². The number of benzene rings is 1. The van der Waals surface area contributed by atoms with Crippen LogP contribution in [0.25, 0.3) is 0 Å². The maximum atomic E-state index is 12.5. The topological polar surface area (TPSA) is 60.0 Å². The van der Waals surface area contributed by atoms with Gasteiger partial charge in [0.2, 0.25) is 0 Å². The molecule has 1 heterocycles. The molecule has 1 aliphatic rings. The van der Waals surface area contributed by atoms with Crippen molar-refractivity contribution < 1.29 is 19.0 Å². The van der Waals surface area contributed by atoms with Crippen molar-refractivity contribution in [2.75, 3.05) is 53.6 Å². The molecule has 1 amide bonds. The van der Waals surface area contributed by atoms with Gasteiger partial charge in [-0.3, -0.25) is 9.69 Å². The van der Waals surface area contributed by atoms with Gasteiger partial charge in [-0.2, -0.15) is 0 Å². The van der Waals surface area contributed by atoms with Gasteiger partial charge in [0.05, 0.1) is 27.4 Å². The van der Waals surface area contributed by atoms with Gasteiger partial charge in [0, 0.05) is 30.8 Å². The monoisotopic (exact) mass is 348 g/mol. The molecule has 0 radical (unpaired) electrons. The average molecular weight is 348 g/mol. The van der Waals surface area contributed by atoms with E-state index in [1.807, 2.05) is 6.07 Å². The van der Waals surface area contributed by atoms with Crippen LogP contribution in [0.5, 0.6) is 11.5 Å². The second kappa shape index (κ2) is 10.1. The van der Waals surface area contributed by atoms with Crippen LogP contribution in [0.4, 0.5) is 0 Å². The molecule has 1 aromatic rings. The van der Waals surface area contributed by atoms with Gasteiger partial charge in [0.1, 0.15) is 0 Å². The smallest absolute Gasteiger partial charge is 0.251 e. The van der Waals surface area contributed by atoms with Crippen molar-refractivity contribution in [1.29, 1.82) is 0 Å². The van der Waals surface area contributed by atoms with E-state index in [0.717, 1.165) is 44.8 Å². The number of ether oxygens (including phenoxy) is 3. The number of morpholine rings is 1. The summed E-state index contributed by atoms with van der Waals surface area (Å²) in [5.74, 6) is 1.10. The van der Waals surface area contributed by atoms with Gasteiger partial charge >= 0.3 is 0 Å². The zero-order chi connectivity index (χ0) is 18.1. The molecule has 1 fully saturated rings. The van der Waals surface area contributed by atoms with E-state index in [1.165, 1.54) is 0 Å². The predicted octanol–water partition coefficient (Wildman–Crippen LogP) is 1.88. The maximum absolute atomic E-state index is 12.5. The summed E-state index contributed by atoms with van der Waals surface area (Å²) < 4.78 is 16.1. The Hall–Kier alpha value is -2.05. The highest BCUT2D eigenvalue weighted by Crippen LogP contribution is 2.33. The number of nitrogens with one attached hydrogen (secondary N) is 1. The molecule has 1 aromatic carbocycles. The standard InChI is InChI=1S/C19H28N2O4/c1-4-6-15-13-16(14-17(23-2)18(15)24-3)19(22)20-7-5-8-21-9-11-25-12-10-21/h4,13-14H,1,5-12H2,2-3H3,(H,20,22). The maximum Gasteiger partial charge on any atom is 0.251 e. The summed E-state index contributed by atoms with van der Waals surface area (Å²) in [7, 11) is 3.16. The first-order valence-electron chi connectivity index (χ1n) is 8.63. The Morgan fingerprint density at radius 2 is 2.08 bits per heavy atom. The van der Waals surface area contributed by atoms with Gasteiger partial charge in [-0.1, -0.05) is 6.08 Å². The van der Waals surface area contributed by atoms with E-state index in [9.17, 15) is 4.79 Å². The third-order valence-corrected chi connectivity index (χ3v) is 4.22. The minimum absolute atomic E-state index is 0.103. The quantitative estimate of drug-likeness (QED) is 0.545. The van der Waals surface area contributed by atoms with Crippen LogP contribution in [-0.4, -0.2) is 64.4 Å². The molecule has 138 valence electrons. The van der Waals surface area contributed by atoms with E-state index in [2.05, 4.69) is 16.8 Å². The lowest BCUT2D eigenvalue weighted by molar-refractivity contribution is 0.0374. The van der Waals surface area contributed by atoms with Crippen LogP contribution in [0.2, 0.25) is 0 Å². The van der Waals surface area contributed by atoms with E-state index in [0.29, 0.717) is 30.0 Å². The zero-order valence-corrected chi connectivity index (χ0v) is 15.2. The molecule has 25 heavy (non-hydrogen) atoms. The van der Waals surface area contributed by atoms with Crippen LogP contribution in [0.1, 0.15) is 22.3 Å². The molecular weight excluding hydrogens is 320 g/mol. The van der Waals surface area contributed by atoms with Crippen molar-refractivity contribution in [1.82, 2.24) is 10.2 Å². The fourth-order valence-electron chi connectivity index (χ4n) is 2.91. The van der Waals surface area contributed by atoms with E-state index in [1.54, 1.807) is 26.4 Å². The first-order chi connectivity index (χ1) is 12.2. The molecule has 1 aliphatic heterocycles. The number of hydrogen-bond donors (Lipinski definition) is 1. The number of methoxy groups -OCH3 is 2. The van der Waals surface area contributed by atoms with Gasteiger partial charge in [-0.15, -0.1) is 6.58 Å². The van der Waals surface area contributed by atoms with Crippen LogP contribution < -0.4 is 14.8 Å². The molecule has 0 bridgehead atoms. The molecule has 0 atom stereocenters. The average Bonchev–Trinajstić information content (AvgIpc) is 2.65. The third kappa shape index (κ3) is 5.47. The fourth-order valence-corrected chi connectivity index (χ4v) is 2.91. The SMILES string of the molecule is C=CCc1cc(C(=O)NCCCN2CCOCC2)cc(OC)c1OC. The van der Waals surface area contributed by atoms with Crippen LogP contribution in [0.15, 0.2) is 24.8 Å². The summed E-state index contributed by atoms with van der Waals surface area (Å²) >= 11 is 0. The first kappa shape index (κ1) is 19.3. The molecule has 0 aromatic heterocycles. The summed E-state index contributed by atoms with van der Waals surface area (Å²) in [6.45, 7) is 8.89. The molecule has 0 aliphatic carbocycles. The molecule has 1 N–H and O–H groups in total. The number of carbonyl (C=O) groups is 1. The second-order valence-corrected chi connectivity index (χ2v) is 5.93. The van der Waals surface area contributed by atoms with Gasteiger partial charge < -0.3 is 19.5 Å². The van der Waals surface area contributed by atoms with Gasteiger partial charge in [0.15, 0.2) is 11.5 Å². The Bertz CT molecular complexity index is 583. The summed E-state index contributed by atoms with van der Waals surface area (Å²) in [5, 5.41) is 2.98. The summed E-state index contributed by atoms with van der Waals surface area (Å²) in [6.07, 6.45) is 3.30. The molecule has 6 nitrogen and oxygen atoms in total. The van der Waals surface area contributed by atoms with Crippen molar-refractivity contribution in [2.24, 2.45) is 0 Å². The highest BCUT2D eigenvalue weighted by molar-refractivity contribution is 5.95.